The van der Waals surface area contributed by atoms with E-state index in [-0.39, 0.29) is 0 Å². The van der Waals surface area contributed by atoms with E-state index in [9.17, 15) is 0 Å². The molecule has 5 nitrogen and oxygen atoms in total. The molecule has 2 aromatic carbocycles. The van der Waals surface area contributed by atoms with Gasteiger partial charge in [-0.3, -0.25) is 0 Å². The normalized spacial score (nSPS) is 13.9. The van der Waals surface area contributed by atoms with E-state index < -0.39 is 0 Å². The third kappa shape index (κ3) is 5.45. The number of aryl methyl sites for hydroxylation is 2. The van der Waals surface area contributed by atoms with Crippen LogP contribution >= 0.6 is 12.2 Å². The van der Waals surface area contributed by atoms with Gasteiger partial charge < -0.3 is 14.6 Å². The van der Waals surface area contributed by atoms with Crippen molar-refractivity contribution < 1.29 is 4.74 Å². The molecule has 1 aliphatic heterocycles. The van der Waals surface area contributed by atoms with Gasteiger partial charge >= 0.3 is 0 Å². The average Bonchev–Trinajstić information content (AvgIpc) is 3.34. The van der Waals surface area contributed by atoms with Gasteiger partial charge in [0.05, 0.1) is 0 Å². The van der Waals surface area contributed by atoms with Crippen molar-refractivity contribution >= 4 is 22.9 Å². The number of aromatic nitrogens is 3. The molecule has 0 spiro atoms. The van der Waals surface area contributed by atoms with Crippen LogP contribution in [-0.2, 0) is 19.6 Å². The molecule has 4 aromatic rings. The molecule has 1 N–H and O–H groups in total. The summed E-state index contributed by atoms with van der Waals surface area (Å²) in [6.45, 7) is 6.81. The van der Waals surface area contributed by atoms with E-state index in [1.807, 2.05) is 30.3 Å². The Morgan fingerprint density at radius 3 is 2.54 bits per heavy atom. The summed E-state index contributed by atoms with van der Waals surface area (Å²) in [5.74, 6) is 2.43. The van der Waals surface area contributed by atoms with Gasteiger partial charge in [-0.1, -0.05) is 93.9 Å². The number of hydrogen-bond acceptors (Lipinski definition) is 3. The molecule has 2 aromatic heterocycles. The minimum Gasteiger partial charge on any atom is -0.486 e. The minimum atomic E-state index is 0.431. The van der Waals surface area contributed by atoms with Crippen molar-refractivity contribution in [3.63, 3.8) is 0 Å². The van der Waals surface area contributed by atoms with E-state index in [2.05, 4.69) is 58.6 Å². The number of ether oxygens (including phenoxy) is 1. The zero-order valence-corrected chi connectivity index (χ0v) is 22.9. The average molecular weight is 515 g/mol. The molecule has 37 heavy (non-hydrogen) atoms. The van der Waals surface area contributed by atoms with Gasteiger partial charge in [-0.25, -0.2) is 4.52 Å². The first kappa shape index (κ1) is 25.5. The molecule has 1 aliphatic rings. The molecule has 0 fully saturated rings. The fraction of sp³-hybridized carbons (Fsp3) is 0.419. The zero-order chi connectivity index (χ0) is 25.6. The van der Waals surface area contributed by atoms with Gasteiger partial charge in [0.15, 0.2) is 5.82 Å². The van der Waals surface area contributed by atoms with Crippen LogP contribution in [0.15, 0.2) is 60.7 Å². The highest BCUT2D eigenvalue weighted by Gasteiger charge is 2.29. The molecule has 0 amide bonds. The molecule has 1 unspecified atom stereocenters. The molecule has 0 saturated carbocycles. The van der Waals surface area contributed by atoms with Gasteiger partial charge in [0.1, 0.15) is 28.7 Å². The van der Waals surface area contributed by atoms with Crippen LogP contribution in [0.3, 0.4) is 0 Å². The maximum atomic E-state index is 6.14. The second kappa shape index (κ2) is 12.0. The molecule has 0 aliphatic carbocycles. The van der Waals surface area contributed by atoms with Gasteiger partial charge in [0.25, 0.3) is 0 Å². The summed E-state index contributed by atoms with van der Waals surface area (Å²) >= 11 is 6.11. The molecular weight excluding hydrogens is 476 g/mol. The van der Waals surface area contributed by atoms with Gasteiger partial charge in [0.2, 0.25) is 0 Å². The smallest absolute Gasteiger partial charge is 0.169 e. The van der Waals surface area contributed by atoms with Crippen LogP contribution in [0.5, 0.6) is 5.75 Å². The van der Waals surface area contributed by atoms with Crippen LogP contribution < -0.4 is 10.1 Å². The van der Waals surface area contributed by atoms with E-state index in [1.165, 1.54) is 41.6 Å². The Bertz CT molecular complexity index is 1330. The molecule has 3 heterocycles. The predicted molar refractivity (Wildman–Crippen MR) is 155 cm³/mol. The third-order valence-corrected chi connectivity index (χ3v) is 7.88. The fourth-order valence-corrected chi connectivity index (χ4v) is 5.74. The molecule has 194 valence electrons. The van der Waals surface area contributed by atoms with E-state index in [1.54, 1.807) is 0 Å². The molecule has 5 rings (SSSR count). The van der Waals surface area contributed by atoms with Gasteiger partial charge in [-0.2, -0.15) is 0 Å². The summed E-state index contributed by atoms with van der Waals surface area (Å²) in [4.78, 5) is 0.788. The van der Waals surface area contributed by atoms with Crippen molar-refractivity contribution in [2.75, 3.05) is 6.54 Å². The highest BCUT2D eigenvalue weighted by atomic mass is 32.1. The summed E-state index contributed by atoms with van der Waals surface area (Å²) in [6.07, 6.45) is 8.18. The first-order chi connectivity index (χ1) is 18.2. The first-order valence-electron chi connectivity index (χ1n) is 13.9. The maximum Gasteiger partial charge on any atom is 0.169 e. The van der Waals surface area contributed by atoms with E-state index in [0.717, 1.165) is 61.0 Å². The highest BCUT2D eigenvalue weighted by Crippen LogP contribution is 2.37. The number of nitrogens with one attached hydrogen (secondary N) is 1. The quantitative estimate of drug-likeness (QED) is 0.215. The lowest BCUT2D eigenvalue weighted by molar-refractivity contribution is 0.288. The first-order valence-corrected chi connectivity index (χ1v) is 14.3. The second-order valence-electron chi connectivity index (χ2n) is 10.1. The Kier molecular flexibility index (Phi) is 8.24. The fourth-order valence-electron chi connectivity index (χ4n) is 5.47. The lowest BCUT2D eigenvalue weighted by atomic mass is 9.97. The number of unbranched alkanes of at least 4 members (excludes halogenated alkanes) is 1. The van der Waals surface area contributed by atoms with Crippen LogP contribution in [0.4, 0.5) is 0 Å². The van der Waals surface area contributed by atoms with Crippen LogP contribution in [-0.4, -0.2) is 25.7 Å². The second-order valence-corrected chi connectivity index (χ2v) is 10.5. The van der Waals surface area contributed by atoms with Gasteiger partial charge in [-0.15, -0.1) is 5.10 Å². The lowest BCUT2D eigenvalue weighted by Gasteiger charge is -2.17. The molecule has 0 bridgehead atoms. The number of nitrogens with zero attached hydrogens (tertiary/aromatic N) is 3. The largest absolute Gasteiger partial charge is 0.486 e. The Labute approximate surface area is 225 Å². The van der Waals surface area contributed by atoms with Crippen LogP contribution in [0.2, 0.25) is 0 Å². The summed E-state index contributed by atoms with van der Waals surface area (Å²) < 4.78 is 10.6. The van der Waals surface area contributed by atoms with Crippen molar-refractivity contribution in [3.8, 4) is 16.9 Å². The van der Waals surface area contributed by atoms with E-state index in [4.69, 9.17) is 22.1 Å². The third-order valence-electron chi connectivity index (χ3n) is 7.55. The van der Waals surface area contributed by atoms with Crippen molar-refractivity contribution in [3.05, 3.63) is 77.7 Å². The predicted octanol–water partition coefficient (Wildman–Crippen LogP) is 7.20. The van der Waals surface area contributed by atoms with Crippen LogP contribution in [0.1, 0.15) is 69.5 Å². The van der Waals surface area contributed by atoms with Crippen molar-refractivity contribution in [2.24, 2.45) is 5.92 Å². The zero-order valence-electron chi connectivity index (χ0n) is 22.1. The highest BCUT2D eigenvalue weighted by molar-refractivity contribution is 7.80. The Morgan fingerprint density at radius 1 is 1.05 bits per heavy atom. The standard InChI is InChI=1S/C31H38N4OS/c1-3-5-14-23(4-2)21-32-30(37)29-28(24-15-8-6-9-16-24)26-19-12-13-20-34-27(33-35(29)31(26)34)22-36-25-17-10-7-11-18-25/h6-11,15-18,23H,3-5,12-14,19-22H2,1-2H3,(H,32,37). The Hall–Kier alpha value is -3.12. The molecule has 0 saturated heterocycles. The van der Waals surface area contributed by atoms with Crippen LogP contribution in [0.25, 0.3) is 16.8 Å². The SMILES string of the molecule is CCCCC(CC)CNC(=S)c1c(-c2ccccc2)c2c3n(c(COc4ccccc4)nn13)CCCC2. The van der Waals surface area contributed by atoms with Crippen molar-refractivity contribution in [2.45, 2.75) is 71.9 Å². The Balaban J connectivity index is 1.56. The Morgan fingerprint density at radius 2 is 1.81 bits per heavy atom. The molecule has 1 atom stereocenters. The summed E-state index contributed by atoms with van der Waals surface area (Å²) in [6, 6.07) is 20.7. The summed E-state index contributed by atoms with van der Waals surface area (Å²) in [5, 5.41) is 8.78. The number of hydrogen-bond donors (Lipinski definition) is 1. The lowest BCUT2D eigenvalue weighted by Crippen LogP contribution is -2.29. The molecular formula is C31H38N4OS. The number of benzene rings is 2. The van der Waals surface area contributed by atoms with Crippen LogP contribution in [0, 0.1) is 5.92 Å². The number of rotatable bonds is 11. The molecule has 6 heteroatoms. The van der Waals surface area contributed by atoms with E-state index in [0.29, 0.717) is 12.5 Å². The summed E-state index contributed by atoms with van der Waals surface area (Å²) in [7, 11) is 0. The maximum absolute atomic E-state index is 6.14. The van der Waals surface area contributed by atoms with Gasteiger partial charge in [-0.05, 0) is 49.3 Å². The topological polar surface area (TPSA) is 43.5 Å². The number of para-hydroxylation sites is 1. The molecule has 0 radical (unpaired) electrons. The van der Waals surface area contributed by atoms with Gasteiger partial charge in [0, 0.05) is 24.2 Å². The van der Waals surface area contributed by atoms with Crippen molar-refractivity contribution in [1.82, 2.24) is 19.5 Å². The number of thiocarbonyl (C=S) groups is 1. The summed E-state index contributed by atoms with van der Waals surface area (Å²) in [5.41, 5.74) is 5.96. The monoisotopic (exact) mass is 514 g/mol. The van der Waals surface area contributed by atoms with E-state index >= 15 is 0 Å². The minimum absolute atomic E-state index is 0.431. The van der Waals surface area contributed by atoms with Crippen molar-refractivity contribution in [1.29, 1.82) is 0 Å².